The normalized spacial score (nSPS) is 12.2. The van der Waals surface area contributed by atoms with Gasteiger partial charge in [0.15, 0.2) is 0 Å². The van der Waals surface area contributed by atoms with Gasteiger partial charge >= 0.3 is 0 Å². The van der Waals surface area contributed by atoms with E-state index in [1.54, 1.807) is 25.1 Å². The topological polar surface area (TPSA) is 86.8 Å². The van der Waals surface area contributed by atoms with Crippen molar-refractivity contribution in [3.05, 3.63) is 92.4 Å². The molecule has 0 bridgehead atoms. The summed E-state index contributed by atoms with van der Waals surface area (Å²) in [5, 5.41) is 3.00. The van der Waals surface area contributed by atoms with Gasteiger partial charge in [0, 0.05) is 17.6 Å². The highest BCUT2D eigenvalue weighted by molar-refractivity contribution is 9.10. The summed E-state index contributed by atoms with van der Waals surface area (Å²) in [6, 6.07) is 17.3. The lowest BCUT2D eigenvalue weighted by atomic mass is 10.1. The summed E-state index contributed by atoms with van der Waals surface area (Å²) in [7, 11) is -4.25. The van der Waals surface area contributed by atoms with E-state index in [1.807, 2.05) is 45.0 Å². The molecule has 1 N–H and O–H groups in total. The van der Waals surface area contributed by atoms with Crippen LogP contribution in [0, 0.1) is 12.8 Å². The Hall–Kier alpha value is -2.59. The first kappa shape index (κ1) is 31.9. The lowest BCUT2D eigenvalue weighted by Crippen LogP contribution is -2.51. The highest BCUT2D eigenvalue weighted by Gasteiger charge is 2.33. The van der Waals surface area contributed by atoms with Crippen molar-refractivity contribution < 1.29 is 18.0 Å². The van der Waals surface area contributed by atoms with Gasteiger partial charge in [-0.3, -0.25) is 13.9 Å². The van der Waals surface area contributed by atoms with Crippen molar-refractivity contribution in [3.63, 3.8) is 0 Å². The van der Waals surface area contributed by atoms with Gasteiger partial charge < -0.3 is 10.2 Å². The molecule has 7 nitrogen and oxygen atoms in total. The second-order valence-corrected chi connectivity index (χ2v) is 13.4. The van der Waals surface area contributed by atoms with Crippen LogP contribution in [0.25, 0.3) is 0 Å². The van der Waals surface area contributed by atoms with Crippen molar-refractivity contribution in [1.29, 1.82) is 0 Å². The second kappa shape index (κ2) is 13.9. The number of anilines is 1. The van der Waals surface area contributed by atoms with Crippen molar-refractivity contribution in [2.75, 3.05) is 17.4 Å². The first-order chi connectivity index (χ1) is 18.8. The SMILES string of the molecule is Cc1ccc(S(=O)(=O)N(CC(=O)N(Cc2ccc(Br)cc2)C(C)C(=O)NCC(C)C)c2cccc(Cl)c2Cl)cc1. The minimum Gasteiger partial charge on any atom is -0.354 e. The van der Waals surface area contributed by atoms with Crippen LogP contribution >= 0.6 is 39.1 Å². The van der Waals surface area contributed by atoms with Gasteiger partial charge in [-0.15, -0.1) is 0 Å². The molecule has 2 amide bonds. The minimum absolute atomic E-state index is 0.00478. The van der Waals surface area contributed by atoms with Gasteiger partial charge in [0.2, 0.25) is 11.8 Å². The summed E-state index contributed by atoms with van der Waals surface area (Å²) in [6.45, 7) is 7.33. The maximum Gasteiger partial charge on any atom is 0.264 e. The fraction of sp³-hybridized carbons (Fsp3) is 0.310. The van der Waals surface area contributed by atoms with E-state index < -0.39 is 28.5 Å². The van der Waals surface area contributed by atoms with Crippen molar-refractivity contribution >= 4 is 66.7 Å². The number of carbonyl (C=O) groups excluding carboxylic acids is 2. The van der Waals surface area contributed by atoms with Crippen LogP contribution in [-0.4, -0.2) is 44.3 Å². The molecule has 11 heteroatoms. The predicted molar refractivity (Wildman–Crippen MR) is 164 cm³/mol. The lowest BCUT2D eigenvalue weighted by molar-refractivity contribution is -0.139. The lowest BCUT2D eigenvalue weighted by Gasteiger charge is -2.32. The molecule has 0 radical (unpaired) electrons. The molecule has 3 aromatic carbocycles. The van der Waals surface area contributed by atoms with Crippen molar-refractivity contribution in [2.24, 2.45) is 5.92 Å². The van der Waals surface area contributed by atoms with E-state index in [0.717, 1.165) is 19.9 Å². The number of sulfonamides is 1. The van der Waals surface area contributed by atoms with Crippen molar-refractivity contribution in [2.45, 2.75) is 45.2 Å². The van der Waals surface area contributed by atoms with Crippen LogP contribution in [0.15, 0.2) is 76.1 Å². The number of amides is 2. The number of nitrogens with zero attached hydrogens (tertiary/aromatic N) is 2. The monoisotopic (exact) mass is 667 g/mol. The molecule has 3 aromatic rings. The van der Waals surface area contributed by atoms with Crippen molar-refractivity contribution in [1.82, 2.24) is 10.2 Å². The number of hydrogen-bond acceptors (Lipinski definition) is 4. The Morgan fingerprint density at radius 2 is 1.57 bits per heavy atom. The van der Waals surface area contributed by atoms with E-state index in [0.29, 0.717) is 6.54 Å². The molecule has 1 unspecified atom stereocenters. The fourth-order valence-electron chi connectivity index (χ4n) is 3.86. The molecule has 0 aliphatic heterocycles. The maximum atomic E-state index is 14.0. The fourth-order valence-corrected chi connectivity index (χ4v) is 6.00. The standard InChI is InChI=1S/C29H32BrCl2N3O4S/c1-19(2)16-33-29(37)21(4)34(17-22-10-12-23(30)13-11-22)27(36)18-35(26-7-5-6-25(31)28(26)32)40(38,39)24-14-8-20(3)9-15-24/h5-15,19,21H,16-18H2,1-4H3,(H,33,37). The smallest absolute Gasteiger partial charge is 0.264 e. The summed E-state index contributed by atoms with van der Waals surface area (Å²) in [4.78, 5) is 28.4. The first-order valence-corrected chi connectivity index (χ1v) is 15.6. The molecule has 0 aromatic heterocycles. The van der Waals surface area contributed by atoms with Crippen LogP contribution in [0.3, 0.4) is 0 Å². The molecule has 0 aliphatic rings. The molecular weight excluding hydrogens is 637 g/mol. The molecule has 40 heavy (non-hydrogen) atoms. The zero-order valence-corrected chi connectivity index (χ0v) is 26.6. The van der Waals surface area contributed by atoms with Gasteiger partial charge in [-0.1, -0.05) is 88.9 Å². The Labute approximate surface area is 254 Å². The quantitative estimate of drug-likeness (QED) is 0.255. The van der Waals surface area contributed by atoms with Gasteiger partial charge in [0.05, 0.1) is 20.6 Å². The molecule has 0 fully saturated rings. The van der Waals surface area contributed by atoms with E-state index in [4.69, 9.17) is 23.2 Å². The van der Waals surface area contributed by atoms with Gasteiger partial charge in [-0.05, 0) is 61.7 Å². The summed E-state index contributed by atoms with van der Waals surface area (Å²) in [5.74, 6) is -0.707. The van der Waals surface area contributed by atoms with Crippen LogP contribution in [0.4, 0.5) is 5.69 Å². The molecule has 0 aliphatic carbocycles. The number of aryl methyl sites for hydroxylation is 1. The molecule has 0 saturated heterocycles. The third-order valence-corrected chi connectivity index (χ3v) is 9.32. The molecule has 1 atom stereocenters. The Bertz CT molecular complexity index is 1450. The number of halogens is 3. The average Bonchev–Trinajstić information content (AvgIpc) is 2.91. The molecule has 0 heterocycles. The summed E-state index contributed by atoms with van der Waals surface area (Å²) in [5.41, 5.74) is 1.71. The number of benzene rings is 3. The van der Waals surface area contributed by atoms with Crippen LogP contribution in [0.1, 0.15) is 31.9 Å². The minimum atomic E-state index is -4.25. The van der Waals surface area contributed by atoms with Gasteiger partial charge in [-0.2, -0.15) is 0 Å². The van der Waals surface area contributed by atoms with E-state index >= 15 is 0 Å². The van der Waals surface area contributed by atoms with E-state index in [1.165, 1.54) is 29.2 Å². The summed E-state index contributed by atoms with van der Waals surface area (Å²) in [6.07, 6.45) is 0. The van der Waals surface area contributed by atoms with Crippen LogP contribution < -0.4 is 9.62 Å². The zero-order valence-electron chi connectivity index (χ0n) is 22.7. The average molecular weight is 669 g/mol. The zero-order chi connectivity index (χ0) is 29.6. The molecule has 0 saturated carbocycles. The summed E-state index contributed by atoms with van der Waals surface area (Å²) < 4.78 is 29.6. The predicted octanol–water partition coefficient (Wildman–Crippen LogP) is 6.45. The van der Waals surface area contributed by atoms with E-state index in [2.05, 4.69) is 21.2 Å². The van der Waals surface area contributed by atoms with E-state index in [9.17, 15) is 18.0 Å². The van der Waals surface area contributed by atoms with Gasteiger partial charge in [-0.25, -0.2) is 8.42 Å². The van der Waals surface area contributed by atoms with Gasteiger partial charge in [0.25, 0.3) is 10.0 Å². The van der Waals surface area contributed by atoms with Crippen LogP contribution in [0.5, 0.6) is 0 Å². The Morgan fingerprint density at radius 3 is 2.17 bits per heavy atom. The maximum absolute atomic E-state index is 14.0. The number of nitrogens with one attached hydrogen (secondary N) is 1. The molecule has 214 valence electrons. The number of rotatable bonds is 11. The number of carbonyl (C=O) groups is 2. The second-order valence-electron chi connectivity index (χ2n) is 9.86. The number of hydrogen-bond donors (Lipinski definition) is 1. The Balaban J connectivity index is 2.05. The van der Waals surface area contributed by atoms with Crippen molar-refractivity contribution in [3.8, 4) is 0 Å². The highest BCUT2D eigenvalue weighted by Crippen LogP contribution is 2.35. The molecular formula is C29H32BrCl2N3O4S. The third kappa shape index (κ3) is 8.00. The largest absolute Gasteiger partial charge is 0.354 e. The Morgan fingerprint density at radius 1 is 0.950 bits per heavy atom. The highest BCUT2D eigenvalue weighted by atomic mass is 79.9. The van der Waals surface area contributed by atoms with E-state index in [-0.39, 0.29) is 39.0 Å². The molecule has 0 spiro atoms. The third-order valence-electron chi connectivity index (χ3n) is 6.21. The van der Waals surface area contributed by atoms with Gasteiger partial charge in [0.1, 0.15) is 12.6 Å². The first-order valence-electron chi connectivity index (χ1n) is 12.7. The summed E-state index contributed by atoms with van der Waals surface area (Å²) >= 11 is 16.1. The van der Waals surface area contributed by atoms with Crippen LogP contribution in [0.2, 0.25) is 10.0 Å². The van der Waals surface area contributed by atoms with Crippen LogP contribution in [-0.2, 0) is 26.2 Å². The molecule has 3 rings (SSSR count). The Kier molecular flexibility index (Phi) is 11.1.